The number of aryl methyl sites for hydroxylation is 2. The smallest absolute Gasteiger partial charge is 0.272 e. The Morgan fingerprint density at radius 1 is 1.28 bits per heavy atom. The highest BCUT2D eigenvalue weighted by molar-refractivity contribution is 5.94. The molecule has 2 heterocycles. The quantitative estimate of drug-likeness (QED) is 0.718. The van der Waals surface area contributed by atoms with Gasteiger partial charge in [-0.25, -0.2) is 0 Å². The van der Waals surface area contributed by atoms with Crippen LogP contribution < -0.4 is 5.32 Å². The lowest BCUT2D eigenvalue weighted by Crippen LogP contribution is -2.33. The number of carbonyl (C=O) groups is 1. The van der Waals surface area contributed by atoms with E-state index in [1.165, 1.54) is 48.9 Å². The van der Waals surface area contributed by atoms with Gasteiger partial charge in [0.1, 0.15) is 0 Å². The fraction of sp³-hybridized carbons (Fsp3) is 0.625. The molecule has 2 aliphatic carbocycles. The number of nitrogens with one attached hydrogen (secondary N) is 1. The number of hydrogen-bond acceptors (Lipinski definition) is 3. The highest BCUT2D eigenvalue weighted by atomic mass is 16.2. The first-order chi connectivity index (χ1) is 14.2. The monoisotopic (exact) mass is 394 g/mol. The summed E-state index contributed by atoms with van der Waals surface area (Å²) in [7, 11) is 0. The molecular formula is C24H34N4O. The van der Waals surface area contributed by atoms with Gasteiger partial charge in [0, 0.05) is 36.2 Å². The number of fused-ring (bicyclic) bond motifs is 1. The van der Waals surface area contributed by atoms with E-state index in [9.17, 15) is 4.79 Å². The molecule has 1 amide bonds. The summed E-state index contributed by atoms with van der Waals surface area (Å²) in [5.74, 6) is 0.704. The van der Waals surface area contributed by atoms with Crippen LogP contribution in [0.1, 0.15) is 85.6 Å². The molecule has 1 saturated carbocycles. The first-order valence-corrected chi connectivity index (χ1v) is 11.5. The van der Waals surface area contributed by atoms with E-state index in [1.807, 2.05) is 18.5 Å². The van der Waals surface area contributed by atoms with Crippen molar-refractivity contribution in [1.29, 1.82) is 0 Å². The molecule has 29 heavy (non-hydrogen) atoms. The van der Waals surface area contributed by atoms with E-state index >= 15 is 0 Å². The molecule has 0 saturated heterocycles. The van der Waals surface area contributed by atoms with Crippen molar-refractivity contribution in [3.05, 3.63) is 47.0 Å². The minimum Gasteiger partial charge on any atom is -0.348 e. The Morgan fingerprint density at radius 3 is 2.90 bits per heavy atom. The van der Waals surface area contributed by atoms with Crippen LogP contribution in [0.4, 0.5) is 0 Å². The zero-order valence-corrected chi connectivity index (χ0v) is 17.7. The summed E-state index contributed by atoms with van der Waals surface area (Å²) in [6.07, 6.45) is 16.3. The molecule has 0 aromatic carbocycles. The molecule has 1 atom stereocenters. The van der Waals surface area contributed by atoms with E-state index in [1.54, 1.807) is 0 Å². The molecule has 2 aliphatic rings. The molecule has 0 aliphatic heterocycles. The van der Waals surface area contributed by atoms with E-state index in [2.05, 4.69) is 28.0 Å². The molecule has 156 valence electrons. The fourth-order valence-corrected chi connectivity index (χ4v) is 5.05. The standard InChI is InChI=1S/C24H34N4O/c1-2-15-28-22-13-12-18(7-5-8-19-9-6-14-25-17-19)16-21(22)23(27-28)24(29)26-20-10-3-4-11-20/h6,9,14,17-18,20H,2-5,7-8,10-13,15-16H2,1H3,(H,26,29). The third-order valence-electron chi connectivity index (χ3n) is 6.59. The summed E-state index contributed by atoms with van der Waals surface area (Å²) in [5, 5.41) is 8.04. The Balaban J connectivity index is 1.42. The van der Waals surface area contributed by atoms with Crippen LogP contribution in [0.5, 0.6) is 0 Å². The molecule has 2 aromatic heterocycles. The van der Waals surface area contributed by atoms with Crippen LogP contribution in [0.3, 0.4) is 0 Å². The van der Waals surface area contributed by atoms with E-state index in [4.69, 9.17) is 5.10 Å². The maximum atomic E-state index is 13.0. The van der Waals surface area contributed by atoms with Crippen molar-refractivity contribution in [2.75, 3.05) is 0 Å². The van der Waals surface area contributed by atoms with Gasteiger partial charge in [-0.3, -0.25) is 14.5 Å². The topological polar surface area (TPSA) is 59.8 Å². The maximum Gasteiger partial charge on any atom is 0.272 e. The molecular weight excluding hydrogens is 360 g/mol. The van der Waals surface area contributed by atoms with Gasteiger partial charge in [0.15, 0.2) is 5.69 Å². The highest BCUT2D eigenvalue weighted by Crippen LogP contribution is 2.31. The number of rotatable bonds is 8. The third kappa shape index (κ3) is 4.88. The van der Waals surface area contributed by atoms with Gasteiger partial charge in [0.2, 0.25) is 0 Å². The SMILES string of the molecule is CCCn1nc(C(=O)NC2CCCC2)c2c1CCC(CCCc1cccnc1)C2. The van der Waals surface area contributed by atoms with E-state index in [0.29, 0.717) is 17.7 Å². The fourth-order valence-electron chi connectivity index (χ4n) is 5.05. The first kappa shape index (κ1) is 20.1. The molecule has 0 radical (unpaired) electrons. The van der Waals surface area contributed by atoms with Crippen molar-refractivity contribution in [3.8, 4) is 0 Å². The molecule has 5 nitrogen and oxygen atoms in total. The van der Waals surface area contributed by atoms with Crippen molar-refractivity contribution >= 4 is 5.91 Å². The minimum atomic E-state index is 0.0546. The van der Waals surface area contributed by atoms with Crippen molar-refractivity contribution < 1.29 is 4.79 Å². The van der Waals surface area contributed by atoms with E-state index in [-0.39, 0.29) is 5.91 Å². The average Bonchev–Trinajstić information content (AvgIpc) is 3.37. The Hall–Kier alpha value is -2.17. The maximum absolute atomic E-state index is 13.0. The summed E-state index contributed by atoms with van der Waals surface area (Å²) >= 11 is 0. The van der Waals surface area contributed by atoms with Gasteiger partial charge in [-0.15, -0.1) is 0 Å². The molecule has 0 bridgehead atoms. The Bertz CT molecular complexity index is 808. The Kier molecular flexibility index (Phi) is 6.63. The van der Waals surface area contributed by atoms with Crippen LogP contribution >= 0.6 is 0 Å². The van der Waals surface area contributed by atoms with Crippen LogP contribution in [-0.2, 0) is 25.8 Å². The van der Waals surface area contributed by atoms with Gasteiger partial charge in [0.25, 0.3) is 5.91 Å². The molecule has 4 rings (SSSR count). The number of amides is 1. The predicted octanol–water partition coefficient (Wildman–Crippen LogP) is 4.49. The van der Waals surface area contributed by atoms with Crippen LogP contribution in [0.25, 0.3) is 0 Å². The molecule has 1 N–H and O–H groups in total. The summed E-state index contributed by atoms with van der Waals surface area (Å²) in [6, 6.07) is 4.51. The normalized spacial score (nSPS) is 19.3. The predicted molar refractivity (Wildman–Crippen MR) is 115 cm³/mol. The van der Waals surface area contributed by atoms with Gasteiger partial charge in [-0.2, -0.15) is 5.10 Å². The number of pyridine rings is 1. The lowest BCUT2D eigenvalue weighted by molar-refractivity contribution is 0.0930. The molecule has 0 spiro atoms. The third-order valence-corrected chi connectivity index (χ3v) is 6.59. The van der Waals surface area contributed by atoms with Gasteiger partial charge >= 0.3 is 0 Å². The Morgan fingerprint density at radius 2 is 2.14 bits per heavy atom. The summed E-state index contributed by atoms with van der Waals surface area (Å²) in [6.45, 7) is 3.08. The molecule has 1 unspecified atom stereocenters. The molecule has 2 aromatic rings. The number of aromatic nitrogens is 3. The highest BCUT2D eigenvalue weighted by Gasteiger charge is 2.30. The van der Waals surface area contributed by atoms with Gasteiger partial charge in [0.05, 0.1) is 0 Å². The van der Waals surface area contributed by atoms with Gasteiger partial charge < -0.3 is 5.32 Å². The largest absolute Gasteiger partial charge is 0.348 e. The lowest BCUT2D eigenvalue weighted by atomic mass is 9.83. The second-order valence-electron chi connectivity index (χ2n) is 8.81. The van der Waals surface area contributed by atoms with E-state index < -0.39 is 0 Å². The molecule has 1 fully saturated rings. The Labute approximate surface area is 174 Å². The zero-order chi connectivity index (χ0) is 20.1. The van der Waals surface area contributed by atoms with E-state index in [0.717, 1.165) is 45.1 Å². The van der Waals surface area contributed by atoms with Crippen LogP contribution in [0.15, 0.2) is 24.5 Å². The number of hydrogen-bond donors (Lipinski definition) is 1. The zero-order valence-electron chi connectivity index (χ0n) is 17.7. The van der Waals surface area contributed by atoms with Crippen molar-refractivity contribution in [2.45, 2.75) is 90.1 Å². The summed E-state index contributed by atoms with van der Waals surface area (Å²) in [5.41, 5.74) is 4.56. The number of nitrogens with zero attached hydrogens (tertiary/aromatic N) is 3. The van der Waals surface area contributed by atoms with Crippen molar-refractivity contribution in [1.82, 2.24) is 20.1 Å². The first-order valence-electron chi connectivity index (χ1n) is 11.5. The minimum absolute atomic E-state index is 0.0546. The van der Waals surface area contributed by atoms with Crippen molar-refractivity contribution in [2.24, 2.45) is 5.92 Å². The second kappa shape index (κ2) is 9.55. The lowest BCUT2D eigenvalue weighted by Gasteiger charge is -2.23. The van der Waals surface area contributed by atoms with Crippen LogP contribution in [0.2, 0.25) is 0 Å². The summed E-state index contributed by atoms with van der Waals surface area (Å²) < 4.78 is 2.12. The molecule has 5 heteroatoms. The van der Waals surface area contributed by atoms with Crippen LogP contribution in [-0.4, -0.2) is 26.7 Å². The van der Waals surface area contributed by atoms with Gasteiger partial charge in [-0.05, 0) is 75.3 Å². The van der Waals surface area contributed by atoms with Crippen molar-refractivity contribution in [3.63, 3.8) is 0 Å². The number of carbonyl (C=O) groups excluding carboxylic acids is 1. The average molecular weight is 395 g/mol. The summed E-state index contributed by atoms with van der Waals surface area (Å²) in [4.78, 5) is 17.2. The van der Waals surface area contributed by atoms with Gasteiger partial charge in [-0.1, -0.05) is 25.8 Å². The second-order valence-corrected chi connectivity index (χ2v) is 8.81. The van der Waals surface area contributed by atoms with Crippen LogP contribution in [0, 0.1) is 5.92 Å².